The molecule has 1 heterocycles. The predicted octanol–water partition coefficient (Wildman–Crippen LogP) is 3.87. The molecule has 0 amide bonds. The van der Waals surface area contributed by atoms with Crippen molar-refractivity contribution >= 4 is 27.3 Å². The molecule has 0 aliphatic carbocycles. The fourth-order valence-corrected chi connectivity index (χ4v) is 3.19. The molecule has 0 radical (unpaired) electrons. The van der Waals surface area contributed by atoms with Gasteiger partial charge in [-0.3, -0.25) is 0 Å². The Morgan fingerprint density at radius 2 is 2.13 bits per heavy atom. The second kappa shape index (κ2) is 4.47. The molecule has 2 aromatic rings. The molecule has 15 heavy (non-hydrogen) atoms. The third kappa shape index (κ3) is 2.30. The molecule has 2 rings (SSSR count). The summed E-state index contributed by atoms with van der Waals surface area (Å²) in [4.78, 5) is 1.18. The first-order valence-corrected chi connectivity index (χ1v) is 6.41. The Labute approximate surface area is 102 Å². The lowest BCUT2D eigenvalue weighted by molar-refractivity contribution is 0.887. The van der Waals surface area contributed by atoms with Gasteiger partial charge in [0.25, 0.3) is 0 Å². The highest BCUT2D eigenvalue weighted by molar-refractivity contribution is 9.10. The number of thiophene rings is 1. The maximum absolute atomic E-state index is 6.21. The second-order valence-electron chi connectivity index (χ2n) is 3.52. The Bertz CT molecular complexity index is 464. The summed E-state index contributed by atoms with van der Waals surface area (Å²) in [6.45, 7) is 2.08. The van der Waals surface area contributed by atoms with Gasteiger partial charge in [-0.25, -0.2) is 0 Å². The van der Waals surface area contributed by atoms with Gasteiger partial charge in [0.1, 0.15) is 0 Å². The van der Waals surface area contributed by atoms with Crippen molar-refractivity contribution in [2.75, 3.05) is 0 Å². The van der Waals surface area contributed by atoms with Crippen LogP contribution in [0.2, 0.25) is 0 Å². The minimum Gasteiger partial charge on any atom is -0.320 e. The first-order chi connectivity index (χ1) is 7.18. The molecular weight excluding hydrogens is 270 g/mol. The molecule has 78 valence electrons. The molecule has 1 atom stereocenters. The number of nitrogens with two attached hydrogens (primary N) is 1. The first-order valence-electron chi connectivity index (χ1n) is 4.73. The van der Waals surface area contributed by atoms with E-state index in [-0.39, 0.29) is 6.04 Å². The molecule has 3 heteroatoms. The minimum absolute atomic E-state index is 0.0284. The zero-order valence-electron chi connectivity index (χ0n) is 8.41. The summed E-state index contributed by atoms with van der Waals surface area (Å²) in [5, 5.41) is 2.05. The standard InChI is InChI=1S/C12H12BrNS/c1-8-3-2-4-9(7-8)11(14)12-10(13)5-6-15-12/h2-7,11H,14H2,1H3. The zero-order chi connectivity index (χ0) is 10.8. The van der Waals surface area contributed by atoms with E-state index < -0.39 is 0 Å². The molecule has 1 nitrogen and oxygen atoms in total. The predicted molar refractivity (Wildman–Crippen MR) is 69.2 cm³/mol. The Kier molecular flexibility index (Phi) is 3.24. The van der Waals surface area contributed by atoms with Crippen molar-refractivity contribution in [1.82, 2.24) is 0 Å². The number of halogens is 1. The SMILES string of the molecule is Cc1cccc(C(N)c2sccc2Br)c1. The molecule has 1 aromatic heterocycles. The molecule has 0 aliphatic rings. The first kappa shape index (κ1) is 10.9. The average Bonchev–Trinajstić information content (AvgIpc) is 2.63. The molecule has 1 aromatic carbocycles. The average molecular weight is 282 g/mol. The molecule has 0 spiro atoms. The number of hydrogen-bond donors (Lipinski definition) is 1. The second-order valence-corrected chi connectivity index (χ2v) is 5.33. The third-order valence-corrected chi connectivity index (χ3v) is 4.28. The van der Waals surface area contributed by atoms with E-state index in [9.17, 15) is 0 Å². The molecular formula is C12H12BrNS. The third-order valence-electron chi connectivity index (χ3n) is 2.33. The highest BCUT2D eigenvalue weighted by atomic mass is 79.9. The number of benzene rings is 1. The number of aryl methyl sites for hydroxylation is 1. The van der Waals surface area contributed by atoms with Gasteiger partial charge in [0, 0.05) is 9.35 Å². The van der Waals surface area contributed by atoms with Crippen LogP contribution in [-0.2, 0) is 0 Å². The topological polar surface area (TPSA) is 26.0 Å². The van der Waals surface area contributed by atoms with Gasteiger partial charge in [-0.05, 0) is 39.9 Å². The van der Waals surface area contributed by atoms with Crippen LogP contribution >= 0.6 is 27.3 Å². The lowest BCUT2D eigenvalue weighted by Gasteiger charge is -2.11. The largest absolute Gasteiger partial charge is 0.320 e. The lowest BCUT2D eigenvalue weighted by Crippen LogP contribution is -2.10. The highest BCUT2D eigenvalue weighted by Gasteiger charge is 2.13. The smallest absolute Gasteiger partial charge is 0.0657 e. The molecule has 0 saturated carbocycles. The van der Waals surface area contributed by atoms with Crippen molar-refractivity contribution in [3.8, 4) is 0 Å². The fourth-order valence-electron chi connectivity index (χ4n) is 1.54. The summed E-state index contributed by atoms with van der Waals surface area (Å²) in [6.07, 6.45) is 0. The molecule has 0 fully saturated rings. The van der Waals surface area contributed by atoms with E-state index in [2.05, 4.69) is 46.4 Å². The van der Waals surface area contributed by atoms with E-state index in [1.165, 1.54) is 10.4 Å². The Hall–Kier alpha value is -0.640. The van der Waals surface area contributed by atoms with Crippen molar-refractivity contribution in [3.63, 3.8) is 0 Å². The molecule has 1 unspecified atom stereocenters. The maximum atomic E-state index is 6.21. The Morgan fingerprint density at radius 1 is 1.33 bits per heavy atom. The molecule has 0 saturated heterocycles. The van der Waals surface area contributed by atoms with Gasteiger partial charge in [-0.2, -0.15) is 0 Å². The maximum Gasteiger partial charge on any atom is 0.0657 e. The summed E-state index contributed by atoms with van der Waals surface area (Å²) < 4.78 is 1.10. The fraction of sp³-hybridized carbons (Fsp3) is 0.167. The molecule has 0 aliphatic heterocycles. The van der Waals surface area contributed by atoms with Crippen molar-refractivity contribution in [2.45, 2.75) is 13.0 Å². The van der Waals surface area contributed by atoms with Gasteiger partial charge in [0.05, 0.1) is 6.04 Å². The monoisotopic (exact) mass is 281 g/mol. The van der Waals surface area contributed by atoms with Crippen LogP contribution in [0.25, 0.3) is 0 Å². The summed E-state index contributed by atoms with van der Waals surface area (Å²) in [7, 11) is 0. The van der Waals surface area contributed by atoms with Crippen LogP contribution in [0.3, 0.4) is 0 Å². The molecule has 0 bridgehead atoms. The van der Waals surface area contributed by atoms with Crippen molar-refractivity contribution < 1.29 is 0 Å². The zero-order valence-corrected chi connectivity index (χ0v) is 10.8. The van der Waals surface area contributed by atoms with Crippen LogP contribution in [0.4, 0.5) is 0 Å². The van der Waals surface area contributed by atoms with Crippen LogP contribution in [-0.4, -0.2) is 0 Å². The summed E-state index contributed by atoms with van der Waals surface area (Å²) in [5.41, 5.74) is 8.62. The van der Waals surface area contributed by atoms with Crippen molar-refractivity contribution in [2.24, 2.45) is 5.73 Å². The lowest BCUT2D eigenvalue weighted by atomic mass is 10.0. The van der Waals surface area contributed by atoms with E-state index in [4.69, 9.17) is 5.73 Å². The van der Waals surface area contributed by atoms with Crippen molar-refractivity contribution in [3.05, 3.63) is 56.2 Å². The summed E-state index contributed by atoms with van der Waals surface area (Å²) in [5.74, 6) is 0. The van der Waals surface area contributed by atoms with Crippen LogP contribution in [0, 0.1) is 6.92 Å². The van der Waals surface area contributed by atoms with E-state index in [1.807, 2.05) is 12.1 Å². The molecule has 2 N–H and O–H groups in total. The van der Waals surface area contributed by atoms with E-state index in [0.717, 1.165) is 10.0 Å². The minimum atomic E-state index is -0.0284. The van der Waals surface area contributed by atoms with Crippen LogP contribution < -0.4 is 5.73 Å². The van der Waals surface area contributed by atoms with E-state index in [0.29, 0.717) is 0 Å². The van der Waals surface area contributed by atoms with Gasteiger partial charge < -0.3 is 5.73 Å². The Balaban J connectivity index is 2.36. The van der Waals surface area contributed by atoms with Crippen molar-refractivity contribution in [1.29, 1.82) is 0 Å². The normalized spacial score (nSPS) is 12.7. The Morgan fingerprint density at radius 3 is 2.73 bits per heavy atom. The summed E-state index contributed by atoms with van der Waals surface area (Å²) >= 11 is 5.20. The van der Waals surface area contributed by atoms with Crippen LogP contribution in [0.1, 0.15) is 22.0 Å². The van der Waals surface area contributed by atoms with E-state index in [1.54, 1.807) is 11.3 Å². The van der Waals surface area contributed by atoms with Crippen LogP contribution in [0.5, 0.6) is 0 Å². The number of rotatable bonds is 2. The van der Waals surface area contributed by atoms with Gasteiger partial charge >= 0.3 is 0 Å². The van der Waals surface area contributed by atoms with Crippen LogP contribution in [0.15, 0.2) is 40.2 Å². The summed E-state index contributed by atoms with van der Waals surface area (Å²) in [6, 6.07) is 10.3. The van der Waals surface area contributed by atoms with Gasteiger partial charge in [0.15, 0.2) is 0 Å². The van der Waals surface area contributed by atoms with Gasteiger partial charge in [-0.15, -0.1) is 11.3 Å². The quantitative estimate of drug-likeness (QED) is 0.889. The van der Waals surface area contributed by atoms with Gasteiger partial charge in [0.2, 0.25) is 0 Å². The number of hydrogen-bond acceptors (Lipinski definition) is 2. The highest BCUT2D eigenvalue weighted by Crippen LogP contribution is 2.31. The van der Waals surface area contributed by atoms with E-state index >= 15 is 0 Å². The van der Waals surface area contributed by atoms with Gasteiger partial charge in [-0.1, -0.05) is 29.8 Å².